The first-order valence-electron chi connectivity index (χ1n) is 19.1. The highest BCUT2D eigenvalue weighted by Gasteiger charge is 2.44. The van der Waals surface area contributed by atoms with Crippen molar-refractivity contribution in [1.82, 2.24) is 29.7 Å². The number of piperidine rings is 1. The monoisotopic (exact) mass is 812 g/mol. The molecule has 4 aromatic heterocycles. The minimum atomic E-state index is -3.82. The molecule has 1 atom stereocenters. The Morgan fingerprint density at radius 2 is 1.60 bits per heavy atom. The maximum atomic E-state index is 14.4. The number of halogens is 2. The highest BCUT2D eigenvalue weighted by Crippen LogP contribution is 2.34. The van der Waals surface area contributed by atoms with Crippen LogP contribution in [0.4, 0.5) is 8.78 Å². The van der Waals surface area contributed by atoms with Crippen molar-refractivity contribution in [2.24, 2.45) is 7.05 Å². The summed E-state index contributed by atoms with van der Waals surface area (Å²) in [5, 5.41) is 4.39. The molecule has 6 heterocycles. The number of hydrogen-bond donors (Lipinski definition) is 1. The van der Waals surface area contributed by atoms with Crippen LogP contribution in [0, 0.1) is 11.8 Å². The zero-order chi connectivity index (χ0) is 41.5. The minimum absolute atomic E-state index is 0.00470. The fourth-order valence-electron chi connectivity index (χ4n) is 7.49. The van der Waals surface area contributed by atoms with Crippen LogP contribution in [0.5, 0.6) is 17.4 Å². The van der Waals surface area contributed by atoms with Crippen molar-refractivity contribution in [2.45, 2.75) is 50.0 Å². The van der Waals surface area contributed by atoms with E-state index < -0.39 is 42.4 Å². The van der Waals surface area contributed by atoms with E-state index in [1.54, 1.807) is 24.4 Å². The van der Waals surface area contributed by atoms with E-state index in [-0.39, 0.29) is 54.2 Å². The van der Waals surface area contributed by atoms with Gasteiger partial charge in [0.05, 0.1) is 29.4 Å². The lowest BCUT2D eigenvalue weighted by Crippen LogP contribution is -2.54. The summed E-state index contributed by atoms with van der Waals surface area (Å²) >= 11 is 0. The number of alkyl halides is 2. The quantitative estimate of drug-likeness (QED) is 0.0983. The van der Waals surface area contributed by atoms with Gasteiger partial charge in [0.15, 0.2) is 0 Å². The molecular formula is C44H34F2N6O8. The largest absolute Gasteiger partial charge is 0.491 e. The smallest absolute Gasteiger partial charge is 0.423 e. The molecule has 60 heavy (non-hydrogen) atoms. The van der Waals surface area contributed by atoms with Crippen LogP contribution in [0.2, 0.25) is 0 Å². The number of hydrogen-bond acceptors (Lipinski definition) is 11. The van der Waals surface area contributed by atoms with Crippen LogP contribution in [0.3, 0.4) is 0 Å². The van der Waals surface area contributed by atoms with E-state index >= 15 is 0 Å². The van der Waals surface area contributed by atoms with E-state index in [0.717, 1.165) is 37.8 Å². The van der Waals surface area contributed by atoms with E-state index in [4.69, 9.17) is 14.2 Å². The van der Waals surface area contributed by atoms with Gasteiger partial charge >= 0.3 is 6.11 Å². The number of carbonyl (C=O) groups is 4. The van der Waals surface area contributed by atoms with Crippen LogP contribution in [-0.2, 0) is 21.4 Å². The van der Waals surface area contributed by atoms with Gasteiger partial charge < -0.3 is 23.5 Å². The number of rotatable bonds is 11. The fraction of sp³-hybridized carbons (Fsp3) is 0.250. The summed E-state index contributed by atoms with van der Waals surface area (Å²) in [5.74, 6) is 2.59. The van der Waals surface area contributed by atoms with Crippen molar-refractivity contribution in [3.8, 4) is 40.3 Å². The maximum absolute atomic E-state index is 14.4. The highest BCUT2D eigenvalue weighted by atomic mass is 19.3. The van der Waals surface area contributed by atoms with Crippen molar-refractivity contribution in [3.63, 3.8) is 0 Å². The van der Waals surface area contributed by atoms with Gasteiger partial charge in [0.25, 0.3) is 11.8 Å². The summed E-state index contributed by atoms with van der Waals surface area (Å²) in [6.45, 7) is -0.874. The van der Waals surface area contributed by atoms with Crippen molar-refractivity contribution in [3.05, 3.63) is 108 Å². The molecule has 9 rings (SSSR count). The lowest BCUT2D eigenvalue weighted by atomic mass is 9.92. The van der Waals surface area contributed by atoms with Gasteiger partial charge in [0.2, 0.25) is 17.7 Å². The van der Waals surface area contributed by atoms with Gasteiger partial charge in [-0.2, -0.15) is 8.78 Å². The molecule has 3 aliphatic rings. The third-order valence-corrected chi connectivity index (χ3v) is 10.6. The summed E-state index contributed by atoms with van der Waals surface area (Å²) in [5.41, 5.74) is 4.40. The van der Waals surface area contributed by atoms with Gasteiger partial charge in [-0.25, -0.2) is 9.97 Å². The Balaban J connectivity index is 0.709. The van der Waals surface area contributed by atoms with Gasteiger partial charge in [0.1, 0.15) is 42.0 Å². The van der Waals surface area contributed by atoms with E-state index in [2.05, 4.69) is 53.7 Å². The molecule has 6 aromatic rings. The third kappa shape index (κ3) is 7.58. The lowest BCUT2D eigenvalue weighted by Gasteiger charge is -2.34. The van der Waals surface area contributed by atoms with Gasteiger partial charge in [-0.3, -0.25) is 34.4 Å². The van der Waals surface area contributed by atoms with Crippen molar-refractivity contribution in [2.75, 3.05) is 13.2 Å². The molecule has 2 fully saturated rings. The molecule has 16 heteroatoms. The first-order valence-corrected chi connectivity index (χ1v) is 19.1. The normalized spacial score (nSPS) is 18.8. The molecule has 2 aliphatic heterocycles. The van der Waals surface area contributed by atoms with Crippen LogP contribution in [-0.4, -0.2) is 85.6 Å². The number of aryl methyl sites for hydroxylation is 1. The first kappa shape index (κ1) is 38.3. The summed E-state index contributed by atoms with van der Waals surface area (Å²) in [6.07, 6.45) is 4.19. The highest BCUT2D eigenvalue weighted by molar-refractivity contribution is 6.23. The zero-order valence-corrected chi connectivity index (χ0v) is 31.9. The molecule has 0 bridgehead atoms. The second kappa shape index (κ2) is 15.5. The number of nitrogens with zero attached hydrogens (tertiary/aromatic N) is 5. The third-order valence-electron chi connectivity index (χ3n) is 10.6. The second-order valence-electron chi connectivity index (χ2n) is 14.5. The van der Waals surface area contributed by atoms with Crippen molar-refractivity contribution >= 4 is 45.4 Å². The molecule has 302 valence electrons. The Morgan fingerprint density at radius 3 is 2.38 bits per heavy atom. The van der Waals surface area contributed by atoms with E-state index in [1.165, 1.54) is 30.5 Å². The molecule has 1 N–H and O–H groups in total. The molecule has 1 saturated carbocycles. The Hall–Kier alpha value is -7.25. The number of carbonyl (C=O) groups excluding carboxylic acids is 4. The predicted octanol–water partition coefficient (Wildman–Crippen LogP) is 5.61. The van der Waals surface area contributed by atoms with E-state index in [0.29, 0.717) is 24.5 Å². The summed E-state index contributed by atoms with van der Waals surface area (Å²) in [6, 6.07) is 18.2. The fourth-order valence-corrected chi connectivity index (χ4v) is 7.49. The maximum Gasteiger partial charge on any atom is 0.423 e. The molecule has 14 nitrogen and oxygen atoms in total. The molecule has 2 aromatic carbocycles. The molecule has 1 aliphatic carbocycles. The Morgan fingerprint density at radius 1 is 0.800 bits per heavy atom. The van der Waals surface area contributed by atoms with Crippen LogP contribution in [0.15, 0.2) is 91.5 Å². The number of imide groups is 2. The number of amides is 4. The molecule has 1 unspecified atom stereocenters. The van der Waals surface area contributed by atoms with Crippen LogP contribution >= 0.6 is 0 Å². The van der Waals surface area contributed by atoms with Crippen LogP contribution in [0.25, 0.3) is 32.9 Å². The number of fused-ring (bicyclic) bond motifs is 4. The minimum Gasteiger partial charge on any atom is -0.491 e. The van der Waals surface area contributed by atoms with Crippen molar-refractivity contribution < 1.29 is 46.9 Å². The number of benzene rings is 2. The summed E-state index contributed by atoms with van der Waals surface area (Å²) < 4.78 is 53.1. The first-order chi connectivity index (χ1) is 29.0. The molecule has 0 radical (unpaired) electrons. The standard InChI is InChI=1S/C44H34F2N6O8/c1-51-36-13-15-47-24-35(36)32-7-2-25(18-38(32)51)26-3-11-40(49-22-26)60-31-19-30(20-31)59-29-5-4-27(48-23-29)12-14-44(45,46)58-17-16-57-28-6-8-33-34(21-28)43(56)52(42(33)55)37-9-10-39(53)50-41(37)54/h2-8,11,13,15,18,21-24,30-31,37H,9-10,16-17,19-20H2,1H3,(H,50,53,54)/t30-,31-,37?. The van der Waals surface area contributed by atoms with Gasteiger partial charge in [-0.05, 0) is 66.4 Å². The van der Waals surface area contributed by atoms with E-state index in [1.807, 2.05) is 31.4 Å². The Kier molecular flexibility index (Phi) is 9.88. The molecule has 4 amide bonds. The van der Waals surface area contributed by atoms with Gasteiger partial charge in [-0.1, -0.05) is 12.1 Å². The summed E-state index contributed by atoms with van der Waals surface area (Å²) in [4.78, 5) is 63.4. The SMILES string of the molecule is Cn1c2ccncc2c2ccc(-c3ccc(O[C@H]4C[C@H](Oc5ccc(C#CC(F)(F)OCCOc6ccc7c(c6)C(=O)N(C6CCC(=O)NC6=O)C7=O)nc5)C4)nc3)cc21. The molecule has 0 spiro atoms. The number of aromatic nitrogens is 4. The van der Waals surface area contributed by atoms with Gasteiger partial charge in [0, 0.05) is 78.7 Å². The average molecular weight is 813 g/mol. The molecular weight excluding hydrogens is 779 g/mol. The van der Waals surface area contributed by atoms with Crippen LogP contribution in [0.1, 0.15) is 52.1 Å². The Bertz CT molecular complexity index is 2760. The van der Waals surface area contributed by atoms with Crippen molar-refractivity contribution in [1.29, 1.82) is 0 Å². The summed E-state index contributed by atoms with van der Waals surface area (Å²) in [7, 11) is 2.05. The zero-order valence-electron chi connectivity index (χ0n) is 31.9. The number of ether oxygens (including phenoxy) is 4. The van der Waals surface area contributed by atoms with Gasteiger partial charge in [-0.15, -0.1) is 0 Å². The Labute approximate surface area is 340 Å². The second-order valence-corrected chi connectivity index (χ2v) is 14.5. The van der Waals surface area contributed by atoms with Crippen LogP contribution < -0.4 is 19.5 Å². The topological polar surface area (TPSA) is 164 Å². The molecule has 1 saturated heterocycles. The van der Waals surface area contributed by atoms with E-state index in [9.17, 15) is 28.0 Å². The lowest BCUT2D eigenvalue weighted by molar-refractivity contribution is -0.195. The predicted molar refractivity (Wildman–Crippen MR) is 210 cm³/mol. The average Bonchev–Trinajstić information content (AvgIpc) is 3.66. The number of nitrogens with one attached hydrogen (secondary N) is 1. The number of pyridine rings is 3.